The molecule has 2 fully saturated rings. The summed E-state index contributed by atoms with van der Waals surface area (Å²) in [6.07, 6.45) is 8.98. The lowest BCUT2D eigenvalue weighted by Gasteiger charge is -2.29. The van der Waals surface area contributed by atoms with Crippen LogP contribution in [0.5, 0.6) is 0 Å². The monoisotopic (exact) mass is 507 g/mol. The molecule has 3 heterocycles. The predicted octanol–water partition coefficient (Wildman–Crippen LogP) is 4.96. The van der Waals surface area contributed by atoms with E-state index in [1.165, 1.54) is 12.1 Å². The highest BCUT2D eigenvalue weighted by Crippen LogP contribution is 2.28. The van der Waals surface area contributed by atoms with Gasteiger partial charge in [0.15, 0.2) is 0 Å². The summed E-state index contributed by atoms with van der Waals surface area (Å²) in [5.74, 6) is 1.06. The van der Waals surface area contributed by atoms with E-state index in [-0.39, 0.29) is 17.1 Å². The molecule has 1 aliphatic heterocycles. The molecule has 1 saturated carbocycles. The minimum absolute atomic E-state index is 0.275. The third-order valence-corrected chi connectivity index (χ3v) is 7.20. The number of anilines is 1. The Labute approximate surface area is 212 Å². The number of halogens is 1. The number of carbonyl (C=O) groups is 2. The summed E-state index contributed by atoms with van der Waals surface area (Å²) in [7, 11) is 0. The fourth-order valence-corrected chi connectivity index (χ4v) is 5.21. The summed E-state index contributed by atoms with van der Waals surface area (Å²) in [6.45, 7) is 1.53. The molecule has 186 valence electrons. The Morgan fingerprint density at radius 1 is 1.17 bits per heavy atom. The molecule has 0 atom stereocenters. The lowest BCUT2D eigenvalue weighted by molar-refractivity contribution is -0.115. The van der Waals surface area contributed by atoms with Crippen LogP contribution in [0.2, 0.25) is 0 Å². The number of nitrogens with zero attached hydrogens (tertiary/aromatic N) is 2. The van der Waals surface area contributed by atoms with Crippen molar-refractivity contribution in [3.63, 3.8) is 0 Å². The zero-order valence-corrected chi connectivity index (χ0v) is 20.3. The van der Waals surface area contributed by atoms with Crippen LogP contribution in [0.4, 0.5) is 15.1 Å². The fraction of sp³-hybridized carbons (Fsp3) is 0.308. The second kappa shape index (κ2) is 11.0. The van der Waals surface area contributed by atoms with Crippen molar-refractivity contribution < 1.29 is 18.4 Å². The van der Waals surface area contributed by atoms with Crippen molar-refractivity contribution >= 4 is 34.9 Å². The maximum absolute atomic E-state index is 13.8. The second-order valence-electron chi connectivity index (χ2n) is 8.93. The first-order valence-corrected chi connectivity index (χ1v) is 12.7. The molecule has 3 aromatic rings. The van der Waals surface area contributed by atoms with Gasteiger partial charge in [-0.25, -0.2) is 14.4 Å². The topological polar surface area (TPSA) is 109 Å². The summed E-state index contributed by atoms with van der Waals surface area (Å²) < 4.78 is 19.3. The van der Waals surface area contributed by atoms with E-state index in [0.717, 1.165) is 55.1 Å². The summed E-state index contributed by atoms with van der Waals surface area (Å²) >= 11 is 0.869. The maximum atomic E-state index is 13.8. The molecule has 10 heteroatoms. The van der Waals surface area contributed by atoms with Gasteiger partial charge < -0.3 is 15.1 Å². The number of imide groups is 1. The molecule has 8 nitrogen and oxygen atoms in total. The highest BCUT2D eigenvalue weighted by atomic mass is 32.2. The van der Waals surface area contributed by atoms with E-state index >= 15 is 0 Å². The lowest BCUT2D eigenvalue weighted by Crippen LogP contribution is -2.31. The summed E-state index contributed by atoms with van der Waals surface area (Å²) in [6, 6.07) is 10.4. The zero-order chi connectivity index (χ0) is 24.9. The number of aromatic nitrogens is 2. The van der Waals surface area contributed by atoms with Crippen LogP contribution in [-0.4, -0.2) is 33.7 Å². The Bertz CT molecular complexity index is 1270. The van der Waals surface area contributed by atoms with Gasteiger partial charge in [-0.1, -0.05) is 6.07 Å². The second-order valence-corrected chi connectivity index (χ2v) is 9.94. The van der Waals surface area contributed by atoms with Crippen LogP contribution in [0, 0.1) is 11.7 Å². The molecule has 2 aromatic heterocycles. The number of furan rings is 1. The van der Waals surface area contributed by atoms with Gasteiger partial charge in [-0.2, -0.15) is 0 Å². The molecule has 2 amide bonds. The van der Waals surface area contributed by atoms with E-state index in [1.807, 2.05) is 6.07 Å². The van der Waals surface area contributed by atoms with Crippen molar-refractivity contribution in [2.75, 3.05) is 11.9 Å². The standard InChI is InChI=1S/C26H26FN5O3S/c27-18-6-5-17(21(12-18)22-2-1-11-35-22)15-28-14-16-3-7-19(8-4-16)30-25-29-10-9-20(31-25)13-23-24(33)32-26(34)36-23/h1-2,5-6,9-13,16,19,28H,3-4,7-8,14-15H2,(H,29,30,31)(H,32,33,34)/b23-13-/t16-,19-. The van der Waals surface area contributed by atoms with Gasteiger partial charge in [-0.3, -0.25) is 14.9 Å². The predicted molar refractivity (Wildman–Crippen MR) is 136 cm³/mol. The van der Waals surface area contributed by atoms with Gasteiger partial charge in [0, 0.05) is 24.3 Å². The van der Waals surface area contributed by atoms with Crippen LogP contribution in [0.15, 0.2) is 58.2 Å². The molecule has 0 unspecified atom stereocenters. The first-order valence-electron chi connectivity index (χ1n) is 11.9. The van der Waals surface area contributed by atoms with Crippen LogP contribution in [0.3, 0.4) is 0 Å². The number of rotatable bonds is 8. The molecule has 0 bridgehead atoms. The van der Waals surface area contributed by atoms with Gasteiger partial charge in [-0.05, 0) is 91.9 Å². The van der Waals surface area contributed by atoms with Gasteiger partial charge in [0.05, 0.1) is 16.9 Å². The average Bonchev–Trinajstić information content (AvgIpc) is 3.51. The van der Waals surface area contributed by atoms with Crippen molar-refractivity contribution in [3.05, 3.63) is 70.8 Å². The highest BCUT2D eigenvalue weighted by Gasteiger charge is 2.25. The van der Waals surface area contributed by atoms with E-state index in [4.69, 9.17) is 4.42 Å². The SMILES string of the molecule is O=C1NC(=O)/C(=C/c2ccnc(N[C@H]3CC[C@H](CNCc4ccc(F)cc4-c4ccco4)CC3)n2)S1. The Balaban J connectivity index is 1.10. The van der Waals surface area contributed by atoms with Crippen molar-refractivity contribution in [2.24, 2.45) is 5.92 Å². The zero-order valence-electron chi connectivity index (χ0n) is 19.5. The Morgan fingerprint density at radius 3 is 2.78 bits per heavy atom. The smallest absolute Gasteiger partial charge is 0.290 e. The lowest BCUT2D eigenvalue weighted by atomic mass is 9.86. The number of hydrogen-bond donors (Lipinski definition) is 3. The van der Waals surface area contributed by atoms with Crippen LogP contribution >= 0.6 is 11.8 Å². The fourth-order valence-electron chi connectivity index (χ4n) is 4.55. The number of thioether (sulfide) groups is 1. The number of nitrogens with one attached hydrogen (secondary N) is 3. The molecule has 36 heavy (non-hydrogen) atoms. The van der Waals surface area contributed by atoms with E-state index in [2.05, 4.69) is 25.9 Å². The molecule has 1 saturated heterocycles. The molecule has 5 rings (SSSR count). The van der Waals surface area contributed by atoms with Crippen molar-refractivity contribution in [1.82, 2.24) is 20.6 Å². The molecule has 0 radical (unpaired) electrons. The molecular weight excluding hydrogens is 481 g/mol. The molecule has 2 aliphatic rings. The van der Waals surface area contributed by atoms with E-state index in [1.54, 1.807) is 36.7 Å². The minimum Gasteiger partial charge on any atom is -0.464 e. The van der Waals surface area contributed by atoms with Gasteiger partial charge in [0.1, 0.15) is 11.6 Å². The summed E-state index contributed by atoms with van der Waals surface area (Å²) in [5, 5.41) is 8.80. The quantitative estimate of drug-likeness (QED) is 0.367. The van der Waals surface area contributed by atoms with Crippen LogP contribution in [0.25, 0.3) is 17.4 Å². The van der Waals surface area contributed by atoms with Crippen LogP contribution in [0.1, 0.15) is 36.9 Å². The molecule has 0 spiro atoms. The number of amides is 2. The van der Waals surface area contributed by atoms with E-state index in [0.29, 0.717) is 34.8 Å². The Morgan fingerprint density at radius 2 is 2.03 bits per heavy atom. The van der Waals surface area contributed by atoms with Gasteiger partial charge in [0.25, 0.3) is 11.1 Å². The normalized spacial score (nSPS) is 21.1. The van der Waals surface area contributed by atoms with Crippen molar-refractivity contribution in [2.45, 2.75) is 38.3 Å². The first kappa shape index (κ1) is 24.2. The molecular formula is C26H26FN5O3S. The average molecular weight is 508 g/mol. The van der Waals surface area contributed by atoms with Crippen LogP contribution < -0.4 is 16.0 Å². The van der Waals surface area contributed by atoms with Gasteiger partial charge in [-0.15, -0.1) is 0 Å². The number of carbonyl (C=O) groups excluding carboxylic acids is 2. The summed E-state index contributed by atoms with van der Waals surface area (Å²) in [5.41, 5.74) is 2.36. The largest absolute Gasteiger partial charge is 0.464 e. The third-order valence-electron chi connectivity index (χ3n) is 6.39. The molecule has 1 aromatic carbocycles. The number of benzene rings is 1. The number of hydrogen-bond acceptors (Lipinski definition) is 8. The van der Waals surface area contributed by atoms with Gasteiger partial charge >= 0.3 is 0 Å². The van der Waals surface area contributed by atoms with Gasteiger partial charge in [0.2, 0.25) is 5.95 Å². The molecule has 1 aliphatic carbocycles. The maximum Gasteiger partial charge on any atom is 0.290 e. The Kier molecular flexibility index (Phi) is 7.43. The minimum atomic E-state index is -0.401. The highest BCUT2D eigenvalue weighted by molar-refractivity contribution is 8.18. The van der Waals surface area contributed by atoms with E-state index < -0.39 is 5.91 Å². The summed E-state index contributed by atoms with van der Waals surface area (Å²) in [4.78, 5) is 32.2. The van der Waals surface area contributed by atoms with Crippen molar-refractivity contribution in [1.29, 1.82) is 0 Å². The van der Waals surface area contributed by atoms with E-state index in [9.17, 15) is 14.0 Å². The Hall–Kier alpha value is -3.50. The van der Waals surface area contributed by atoms with Crippen molar-refractivity contribution in [3.8, 4) is 11.3 Å². The molecule has 3 N–H and O–H groups in total. The first-order chi connectivity index (χ1) is 17.5. The third kappa shape index (κ3) is 6.00. The van der Waals surface area contributed by atoms with Crippen LogP contribution in [-0.2, 0) is 11.3 Å².